The Bertz CT molecular complexity index is 963. The van der Waals surface area contributed by atoms with Gasteiger partial charge in [-0.15, -0.1) is 11.3 Å². The Morgan fingerprint density at radius 3 is 2.37 bits per heavy atom. The zero-order valence-corrected chi connectivity index (χ0v) is 15.1. The Balaban J connectivity index is 1.48. The van der Waals surface area contributed by atoms with Gasteiger partial charge in [0.1, 0.15) is 0 Å². The van der Waals surface area contributed by atoms with Gasteiger partial charge in [-0.25, -0.2) is 4.98 Å². The maximum Gasteiger partial charge on any atom is 0.416 e. The third-order valence-electron chi connectivity index (χ3n) is 4.59. The Labute approximate surface area is 157 Å². The third kappa shape index (κ3) is 3.62. The van der Waals surface area contributed by atoms with Gasteiger partial charge in [-0.05, 0) is 30.3 Å². The van der Waals surface area contributed by atoms with Crippen molar-refractivity contribution < 1.29 is 18.0 Å². The van der Waals surface area contributed by atoms with Crippen molar-refractivity contribution in [3.05, 3.63) is 59.1 Å². The van der Waals surface area contributed by atoms with E-state index in [2.05, 4.69) is 9.88 Å². The number of carbonyl (C=O) groups excluding carboxylic acids is 1. The number of nitrogens with zero attached hydrogens (tertiary/aromatic N) is 3. The molecule has 0 spiro atoms. The first-order valence-electron chi connectivity index (χ1n) is 8.49. The maximum absolute atomic E-state index is 12.8. The van der Waals surface area contributed by atoms with Gasteiger partial charge in [-0.3, -0.25) is 4.79 Å². The molecule has 2 heterocycles. The number of fused-ring (bicyclic) bond motifs is 1. The van der Waals surface area contributed by atoms with Gasteiger partial charge in [0.15, 0.2) is 5.01 Å². The standard InChI is InChI=1S/C19H16F3N3OS/c20-19(21,22)13-6-7-16-15(12-13)23-17(27-16)18(26)25-10-8-24(9-11-25)14-4-2-1-3-5-14/h1-7,12H,8-11H2. The Kier molecular flexibility index (Phi) is 4.51. The number of amides is 1. The minimum atomic E-state index is -4.42. The lowest BCUT2D eigenvalue weighted by Gasteiger charge is -2.35. The van der Waals surface area contributed by atoms with Crippen LogP contribution < -0.4 is 4.90 Å². The molecule has 4 nitrogen and oxygen atoms in total. The summed E-state index contributed by atoms with van der Waals surface area (Å²) in [7, 11) is 0. The topological polar surface area (TPSA) is 36.4 Å². The number of carbonyl (C=O) groups is 1. The van der Waals surface area contributed by atoms with Crippen LogP contribution in [0.3, 0.4) is 0 Å². The van der Waals surface area contributed by atoms with Gasteiger partial charge in [0.05, 0.1) is 15.8 Å². The summed E-state index contributed by atoms with van der Waals surface area (Å²) in [5.74, 6) is -0.225. The lowest BCUT2D eigenvalue weighted by Crippen LogP contribution is -2.48. The summed E-state index contributed by atoms with van der Waals surface area (Å²) in [5.41, 5.74) is 0.570. The SMILES string of the molecule is O=C(c1nc2cc(C(F)(F)F)ccc2s1)N1CCN(c2ccccc2)CC1. The predicted octanol–water partition coefficient (Wildman–Crippen LogP) is 4.28. The number of para-hydroxylation sites is 1. The number of piperazine rings is 1. The van der Waals surface area contributed by atoms with Gasteiger partial charge in [0.2, 0.25) is 0 Å². The zero-order valence-electron chi connectivity index (χ0n) is 14.2. The number of thiazole rings is 1. The van der Waals surface area contributed by atoms with Gasteiger partial charge in [0, 0.05) is 31.9 Å². The maximum atomic E-state index is 12.8. The van der Waals surface area contributed by atoms with E-state index in [0.717, 1.165) is 29.2 Å². The fourth-order valence-corrected chi connectivity index (χ4v) is 4.05. The molecule has 3 aromatic rings. The number of anilines is 1. The average molecular weight is 391 g/mol. The van der Waals surface area contributed by atoms with Crippen molar-refractivity contribution in [2.75, 3.05) is 31.1 Å². The van der Waals surface area contributed by atoms with Crippen LogP contribution in [0.15, 0.2) is 48.5 Å². The second-order valence-corrected chi connectivity index (χ2v) is 7.34. The van der Waals surface area contributed by atoms with Crippen molar-refractivity contribution in [1.82, 2.24) is 9.88 Å². The number of rotatable bonds is 2. The smallest absolute Gasteiger partial charge is 0.368 e. The van der Waals surface area contributed by atoms with Crippen LogP contribution in [0.25, 0.3) is 10.2 Å². The Hall–Kier alpha value is -2.61. The molecule has 8 heteroatoms. The molecule has 0 saturated carbocycles. The molecule has 0 aliphatic carbocycles. The summed E-state index contributed by atoms with van der Waals surface area (Å²) >= 11 is 1.13. The Morgan fingerprint density at radius 1 is 1.00 bits per heavy atom. The normalized spacial score (nSPS) is 15.4. The molecular weight excluding hydrogens is 375 g/mol. The lowest BCUT2D eigenvalue weighted by atomic mass is 10.2. The molecule has 1 amide bonds. The van der Waals surface area contributed by atoms with Gasteiger partial charge < -0.3 is 9.80 Å². The van der Waals surface area contributed by atoms with Crippen LogP contribution in [0.2, 0.25) is 0 Å². The molecule has 0 N–H and O–H groups in total. The van der Waals surface area contributed by atoms with Crippen molar-refractivity contribution in [1.29, 1.82) is 0 Å². The minimum absolute atomic E-state index is 0.209. The first-order valence-corrected chi connectivity index (χ1v) is 9.30. The summed E-state index contributed by atoms with van der Waals surface area (Å²) in [6.07, 6.45) is -4.42. The molecule has 1 saturated heterocycles. The van der Waals surface area contributed by atoms with E-state index in [1.807, 2.05) is 30.3 Å². The summed E-state index contributed by atoms with van der Waals surface area (Å²) in [6.45, 7) is 2.52. The second-order valence-electron chi connectivity index (χ2n) is 6.31. The number of aromatic nitrogens is 1. The molecule has 0 atom stereocenters. The monoisotopic (exact) mass is 391 g/mol. The largest absolute Gasteiger partial charge is 0.416 e. The van der Waals surface area contributed by atoms with E-state index >= 15 is 0 Å². The first-order chi connectivity index (χ1) is 12.9. The third-order valence-corrected chi connectivity index (χ3v) is 5.61. The van der Waals surface area contributed by atoms with E-state index in [1.165, 1.54) is 6.07 Å². The van der Waals surface area contributed by atoms with E-state index in [1.54, 1.807) is 4.90 Å². The number of hydrogen-bond acceptors (Lipinski definition) is 4. The quantitative estimate of drug-likeness (QED) is 0.654. The Morgan fingerprint density at radius 2 is 1.70 bits per heavy atom. The van der Waals surface area contributed by atoms with Crippen LogP contribution in [0, 0.1) is 0 Å². The van der Waals surface area contributed by atoms with Crippen LogP contribution in [-0.2, 0) is 6.18 Å². The van der Waals surface area contributed by atoms with Crippen molar-refractivity contribution in [2.24, 2.45) is 0 Å². The molecule has 1 aromatic heterocycles. The summed E-state index contributed by atoms with van der Waals surface area (Å²) in [6, 6.07) is 13.4. The molecule has 0 unspecified atom stereocenters. The van der Waals surface area contributed by atoms with Crippen LogP contribution >= 0.6 is 11.3 Å². The first kappa shape index (κ1) is 17.8. The van der Waals surface area contributed by atoms with Crippen LogP contribution in [0.1, 0.15) is 15.4 Å². The molecule has 1 fully saturated rings. The highest BCUT2D eigenvalue weighted by Gasteiger charge is 2.31. The molecular formula is C19H16F3N3OS. The molecule has 140 valence electrons. The van der Waals surface area contributed by atoms with E-state index in [0.29, 0.717) is 30.9 Å². The lowest BCUT2D eigenvalue weighted by molar-refractivity contribution is -0.137. The molecule has 0 bridgehead atoms. The van der Waals surface area contributed by atoms with E-state index in [-0.39, 0.29) is 16.4 Å². The zero-order chi connectivity index (χ0) is 19.0. The molecule has 1 aliphatic rings. The van der Waals surface area contributed by atoms with Crippen LogP contribution in [0.4, 0.5) is 18.9 Å². The average Bonchev–Trinajstić information content (AvgIpc) is 3.11. The summed E-state index contributed by atoms with van der Waals surface area (Å²) in [4.78, 5) is 20.8. The number of benzene rings is 2. The summed E-state index contributed by atoms with van der Waals surface area (Å²) < 4.78 is 39.1. The fraction of sp³-hybridized carbons (Fsp3) is 0.263. The van der Waals surface area contributed by atoms with Gasteiger partial charge >= 0.3 is 6.18 Å². The molecule has 1 aliphatic heterocycles. The number of alkyl halides is 3. The van der Waals surface area contributed by atoms with E-state index < -0.39 is 11.7 Å². The fourth-order valence-electron chi connectivity index (χ4n) is 3.14. The van der Waals surface area contributed by atoms with Crippen molar-refractivity contribution >= 4 is 33.1 Å². The van der Waals surface area contributed by atoms with Gasteiger partial charge in [-0.2, -0.15) is 13.2 Å². The van der Waals surface area contributed by atoms with E-state index in [4.69, 9.17) is 0 Å². The van der Waals surface area contributed by atoms with E-state index in [9.17, 15) is 18.0 Å². The second kappa shape index (κ2) is 6.84. The molecule has 2 aromatic carbocycles. The summed E-state index contributed by atoms with van der Waals surface area (Å²) in [5, 5.41) is 0.234. The van der Waals surface area contributed by atoms with Crippen LogP contribution in [-0.4, -0.2) is 42.0 Å². The van der Waals surface area contributed by atoms with Crippen LogP contribution in [0.5, 0.6) is 0 Å². The van der Waals surface area contributed by atoms with Crippen molar-refractivity contribution in [3.63, 3.8) is 0 Å². The highest BCUT2D eigenvalue weighted by atomic mass is 32.1. The molecule has 0 radical (unpaired) electrons. The van der Waals surface area contributed by atoms with Gasteiger partial charge in [0.25, 0.3) is 5.91 Å². The molecule has 4 rings (SSSR count). The van der Waals surface area contributed by atoms with Gasteiger partial charge in [-0.1, -0.05) is 18.2 Å². The van der Waals surface area contributed by atoms with Crippen molar-refractivity contribution in [2.45, 2.75) is 6.18 Å². The highest BCUT2D eigenvalue weighted by molar-refractivity contribution is 7.20. The number of hydrogen-bond donors (Lipinski definition) is 0. The van der Waals surface area contributed by atoms with Crippen molar-refractivity contribution in [3.8, 4) is 0 Å². The minimum Gasteiger partial charge on any atom is -0.368 e. The predicted molar refractivity (Wildman–Crippen MR) is 99.2 cm³/mol. The molecule has 27 heavy (non-hydrogen) atoms. The number of halogens is 3. The highest BCUT2D eigenvalue weighted by Crippen LogP contribution is 2.33.